The van der Waals surface area contributed by atoms with Gasteiger partial charge in [-0.2, -0.15) is 23.5 Å². The molecule has 3 rings (SSSR count). The Hall–Kier alpha value is -4.11. The van der Waals surface area contributed by atoms with Gasteiger partial charge >= 0.3 is 6.18 Å². The van der Waals surface area contributed by atoms with Gasteiger partial charge in [-0.3, -0.25) is 9.48 Å². The molecule has 0 bridgehead atoms. The molecule has 1 aromatic heterocycles. The summed E-state index contributed by atoms with van der Waals surface area (Å²) >= 11 is 0. The summed E-state index contributed by atoms with van der Waals surface area (Å²) < 4.78 is 54.3. The average molecular weight is 454 g/mol. The maximum atomic E-state index is 13.2. The number of carbonyl (C=O) groups is 1. The first-order valence-electron chi connectivity index (χ1n) is 9.82. The molecule has 1 atom stereocenters. The minimum absolute atomic E-state index is 0.0757. The molecule has 0 aliphatic heterocycles. The van der Waals surface area contributed by atoms with E-state index in [2.05, 4.69) is 22.3 Å². The number of alkyl halides is 3. The number of carbonyl (C=O) groups excluding carboxylic acids is 1. The van der Waals surface area contributed by atoms with Crippen LogP contribution in [0.15, 0.2) is 54.7 Å². The summed E-state index contributed by atoms with van der Waals surface area (Å²) in [5.74, 6) is 3.91. The van der Waals surface area contributed by atoms with Crippen molar-refractivity contribution in [2.45, 2.75) is 26.1 Å². The minimum atomic E-state index is -4.73. The maximum absolute atomic E-state index is 13.2. The van der Waals surface area contributed by atoms with Gasteiger partial charge in [-0.05, 0) is 55.5 Å². The highest BCUT2D eigenvalue weighted by molar-refractivity contribution is 5.93. The number of anilines is 1. The zero-order valence-corrected chi connectivity index (χ0v) is 17.4. The highest BCUT2D eigenvalue weighted by atomic mass is 19.4. The second-order valence-corrected chi connectivity index (χ2v) is 7.12. The third-order valence-electron chi connectivity index (χ3n) is 4.80. The fourth-order valence-corrected chi connectivity index (χ4v) is 3.13. The highest BCUT2D eigenvalue weighted by Crippen LogP contribution is 2.33. The van der Waals surface area contributed by atoms with E-state index < -0.39 is 29.1 Å². The predicted molar refractivity (Wildman–Crippen MR) is 114 cm³/mol. The van der Waals surface area contributed by atoms with Gasteiger partial charge in [0.05, 0.1) is 35.4 Å². The first-order valence-corrected chi connectivity index (χ1v) is 9.82. The van der Waals surface area contributed by atoms with Gasteiger partial charge in [-0.15, -0.1) is 11.8 Å². The SMILES string of the molecule is CC#CC[C@@H](Cn1ccc(-c2ccc(F)cc2)n1)C(=O)Nc1ccc(C#N)c(C(F)(F)F)c1. The van der Waals surface area contributed by atoms with Gasteiger partial charge in [-0.1, -0.05) is 0 Å². The Kier molecular flexibility index (Phi) is 7.14. The van der Waals surface area contributed by atoms with Crippen LogP contribution in [-0.4, -0.2) is 15.7 Å². The lowest BCUT2D eigenvalue weighted by Crippen LogP contribution is -2.27. The van der Waals surface area contributed by atoms with Crippen molar-refractivity contribution < 1.29 is 22.4 Å². The van der Waals surface area contributed by atoms with Gasteiger partial charge in [0.1, 0.15) is 5.82 Å². The molecule has 168 valence electrons. The predicted octanol–water partition coefficient (Wildman–Crippen LogP) is 5.25. The summed E-state index contributed by atoms with van der Waals surface area (Å²) in [4.78, 5) is 12.8. The molecule has 3 aromatic rings. The molecule has 1 heterocycles. The van der Waals surface area contributed by atoms with Crippen LogP contribution >= 0.6 is 0 Å². The number of rotatable bonds is 6. The molecular formula is C24H18F4N4O. The molecule has 0 aliphatic rings. The van der Waals surface area contributed by atoms with Gasteiger partial charge < -0.3 is 5.32 Å². The molecule has 0 saturated heterocycles. The van der Waals surface area contributed by atoms with Crippen LogP contribution in [0.2, 0.25) is 0 Å². The largest absolute Gasteiger partial charge is 0.417 e. The lowest BCUT2D eigenvalue weighted by Gasteiger charge is -2.16. The molecule has 0 spiro atoms. The number of nitrogens with zero attached hydrogens (tertiary/aromatic N) is 3. The van der Waals surface area contributed by atoms with E-state index in [0.29, 0.717) is 11.3 Å². The van der Waals surface area contributed by atoms with Crippen LogP contribution in [0.1, 0.15) is 24.5 Å². The van der Waals surface area contributed by atoms with Crippen molar-refractivity contribution in [3.8, 4) is 29.2 Å². The van der Waals surface area contributed by atoms with E-state index in [1.807, 2.05) is 0 Å². The van der Waals surface area contributed by atoms with Crippen LogP contribution in [0.5, 0.6) is 0 Å². The van der Waals surface area contributed by atoms with Crippen LogP contribution in [-0.2, 0) is 17.5 Å². The van der Waals surface area contributed by atoms with Crippen LogP contribution < -0.4 is 5.32 Å². The highest BCUT2D eigenvalue weighted by Gasteiger charge is 2.34. The van der Waals surface area contributed by atoms with Gasteiger partial charge in [-0.25, -0.2) is 4.39 Å². The lowest BCUT2D eigenvalue weighted by atomic mass is 10.0. The Morgan fingerprint density at radius 3 is 2.55 bits per heavy atom. The van der Waals surface area contributed by atoms with Crippen molar-refractivity contribution in [3.63, 3.8) is 0 Å². The second-order valence-electron chi connectivity index (χ2n) is 7.12. The van der Waals surface area contributed by atoms with Gasteiger partial charge in [0.2, 0.25) is 5.91 Å². The number of nitrogens with one attached hydrogen (secondary N) is 1. The van der Waals surface area contributed by atoms with Crippen molar-refractivity contribution in [1.29, 1.82) is 5.26 Å². The van der Waals surface area contributed by atoms with E-state index in [1.165, 1.54) is 29.0 Å². The van der Waals surface area contributed by atoms with Crippen LogP contribution in [0.3, 0.4) is 0 Å². The van der Waals surface area contributed by atoms with Gasteiger partial charge in [0, 0.05) is 23.9 Å². The molecule has 0 aliphatic carbocycles. The molecule has 0 unspecified atom stereocenters. The van der Waals surface area contributed by atoms with Crippen LogP contribution in [0, 0.1) is 34.9 Å². The molecule has 5 nitrogen and oxygen atoms in total. The van der Waals surface area contributed by atoms with E-state index in [1.54, 1.807) is 31.3 Å². The molecule has 0 radical (unpaired) electrons. The first-order chi connectivity index (χ1) is 15.7. The molecule has 1 N–H and O–H groups in total. The van der Waals surface area contributed by atoms with E-state index in [4.69, 9.17) is 5.26 Å². The fourth-order valence-electron chi connectivity index (χ4n) is 3.13. The fraction of sp³-hybridized carbons (Fsp3) is 0.208. The molecule has 33 heavy (non-hydrogen) atoms. The number of hydrogen-bond acceptors (Lipinski definition) is 3. The molecule has 0 saturated carbocycles. The topological polar surface area (TPSA) is 70.7 Å². The third-order valence-corrected chi connectivity index (χ3v) is 4.80. The smallest absolute Gasteiger partial charge is 0.326 e. The normalized spacial score (nSPS) is 11.8. The number of halogens is 4. The molecule has 0 fully saturated rings. The zero-order chi connectivity index (χ0) is 24.0. The molecule has 9 heteroatoms. The number of nitriles is 1. The van der Waals surface area contributed by atoms with Crippen LogP contribution in [0.4, 0.5) is 23.2 Å². The summed E-state index contributed by atoms with van der Waals surface area (Å²) in [5, 5.41) is 15.8. The van der Waals surface area contributed by atoms with E-state index in [9.17, 15) is 22.4 Å². The Labute approximate surface area is 187 Å². The van der Waals surface area contributed by atoms with E-state index >= 15 is 0 Å². The molecule has 2 aromatic carbocycles. The Balaban J connectivity index is 1.79. The average Bonchev–Trinajstić information content (AvgIpc) is 3.25. The minimum Gasteiger partial charge on any atom is -0.326 e. The summed E-state index contributed by atoms with van der Waals surface area (Å²) in [6.07, 6.45) is -2.91. The Bertz CT molecular complexity index is 1240. The quantitative estimate of drug-likeness (QED) is 0.409. The number of hydrogen-bond donors (Lipinski definition) is 1. The summed E-state index contributed by atoms with van der Waals surface area (Å²) in [7, 11) is 0. The molecule has 1 amide bonds. The van der Waals surface area contributed by atoms with E-state index in [-0.39, 0.29) is 24.5 Å². The zero-order valence-electron chi connectivity index (χ0n) is 17.4. The number of amides is 1. The summed E-state index contributed by atoms with van der Waals surface area (Å²) in [6, 6.07) is 12.0. The van der Waals surface area contributed by atoms with Crippen molar-refractivity contribution in [2.24, 2.45) is 5.92 Å². The number of aromatic nitrogens is 2. The standard InChI is InChI=1S/C24H18F4N4O/c1-2-3-4-18(15-32-12-11-22(31-32)16-5-8-19(25)9-6-16)23(33)30-20-10-7-17(14-29)21(13-20)24(26,27)28/h5-13,18H,4,15H2,1H3,(H,30,33)/t18-/m0/s1. The third kappa shape index (κ3) is 5.98. The lowest BCUT2D eigenvalue weighted by molar-refractivity contribution is -0.137. The van der Waals surface area contributed by atoms with Crippen molar-refractivity contribution in [3.05, 3.63) is 71.7 Å². The van der Waals surface area contributed by atoms with Gasteiger partial charge in [0.25, 0.3) is 0 Å². The van der Waals surface area contributed by atoms with Crippen molar-refractivity contribution >= 4 is 11.6 Å². The van der Waals surface area contributed by atoms with E-state index in [0.717, 1.165) is 12.1 Å². The van der Waals surface area contributed by atoms with Crippen molar-refractivity contribution in [1.82, 2.24) is 9.78 Å². The second kappa shape index (κ2) is 10.0. The van der Waals surface area contributed by atoms with Crippen LogP contribution in [0.25, 0.3) is 11.3 Å². The number of benzene rings is 2. The van der Waals surface area contributed by atoms with Crippen molar-refractivity contribution in [2.75, 3.05) is 5.32 Å². The summed E-state index contributed by atoms with van der Waals surface area (Å²) in [6.45, 7) is 1.75. The van der Waals surface area contributed by atoms with Gasteiger partial charge in [0.15, 0.2) is 0 Å². The monoisotopic (exact) mass is 454 g/mol. The summed E-state index contributed by atoms with van der Waals surface area (Å²) in [5.41, 5.74) is -0.449. The maximum Gasteiger partial charge on any atom is 0.417 e. The Morgan fingerprint density at radius 2 is 1.91 bits per heavy atom. The Morgan fingerprint density at radius 1 is 1.18 bits per heavy atom. The molecular weight excluding hydrogens is 436 g/mol. The first kappa shape index (κ1) is 23.6.